The monoisotopic (exact) mass is 310 g/mol. The first-order valence-electron chi connectivity index (χ1n) is 8.28. The summed E-state index contributed by atoms with van der Waals surface area (Å²) in [7, 11) is 0. The quantitative estimate of drug-likeness (QED) is 0.747. The second-order valence-electron chi connectivity index (χ2n) is 7.92. The molecule has 0 aromatic heterocycles. The molecule has 2 aliphatic heterocycles. The van der Waals surface area contributed by atoms with Crippen LogP contribution in [0.3, 0.4) is 0 Å². The van der Waals surface area contributed by atoms with Crippen molar-refractivity contribution in [2.24, 2.45) is 11.7 Å². The lowest BCUT2D eigenvalue weighted by molar-refractivity contribution is -0.133. The highest BCUT2D eigenvalue weighted by atomic mass is 16.2. The fourth-order valence-corrected chi connectivity index (χ4v) is 3.17. The average Bonchev–Trinajstić information content (AvgIpc) is 2.61. The molecule has 0 aromatic carbocycles. The van der Waals surface area contributed by atoms with Crippen LogP contribution in [0.5, 0.6) is 0 Å². The van der Waals surface area contributed by atoms with E-state index in [0.717, 1.165) is 19.6 Å². The maximum Gasteiger partial charge on any atom is 0.325 e. The SMILES string of the molecule is CC(C)CCN1CCC2(CC1)NC(=O)N(CC(C)(C)N)C2=O. The minimum absolute atomic E-state index is 0.0977. The topological polar surface area (TPSA) is 78.7 Å². The van der Waals surface area contributed by atoms with E-state index in [1.165, 1.54) is 11.3 Å². The predicted octanol–water partition coefficient (Wildman–Crippen LogP) is 1.16. The van der Waals surface area contributed by atoms with Gasteiger partial charge in [0, 0.05) is 25.2 Å². The maximum atomic E-state index is 12.7. The van der Waals surface area contributed by atoms with Crippen LogP contribution < -0.4 is 11.1 Å². The molecule has 3 N–H and O–H groups in total. The van der Waals surface area contributed by atoms with Gasteiger partial charge < -0.3 is 16.0 Å². The average molecular weight is 310 g/mol. The molecule has 2 rings (SSSR count). The van der Waals surface area contributed by atoms with Crippen molar-refractivity contribution < 1.29 is 9.59 Å². The second kappa shape index (κ2) is 6.16. The van der Waals surface area contributed by atoms with Crippen LogP contribution in [0, 0.1) is 5.92 Å². The van der Waals surface area contributed by atoms with Crippen LogP contribution in [-0.2, 0) is 4.79 Å². The molecule has 0 aliphatic carbocycles. The molecule has 0 unspecified atom stereocenters. The zero-order chi connectivity index (χ0) is 16.5. The number of carbonyl (C=O) groups excluding carboxylic acids is 2. The summed E-state index contributed by atoms with van der Waals surface area (Å²) in [6.45, 7) is 11.1. The van der Waals surface area contributed by atoms with Gasteiger partial charge in [-0.1, -0.05) is 13.8 Å². The number of nitrogens with two attached hydrogens (primary N) is 1. The Morgan fingerprint density at radius 3 is 2.36 bits per heavy atom. The van der Waals surface area contributed by atoms with Gasteiger partial charge in [0.2, 0.25) is 0 Å². The molecule has 0 atom stereocenters. The van der Waals surface area contributed by atoms with Crippen molar-refractivity contribution in [3.63, 3.8) is 0 Å². The van der Waals surface area contributed by atoms with Crippen molar-refractivity contribution in [1.82, 2.24) is 15.1 Å². The lowest BCUT2D eigenvalue weighted by Gasteiger charge is -2.37. The zero-order valence-corrected chi connectivity index (χ0v) is 14.3. The predicted molar refractivity (Wildman–Crippen MR) is 86.4 cm³/mol. The van der Waals surface area contributed by atoms with E-state index in [1.807, 2.05) is 13.8 Å². The highest BCUT2D eigenvalue weighted by Gasteiger charge is 2.52. The fraction of sp³-hybridized carbons (Fsp3) is 0.875. The van der Waals surface area contributed by atoms with Gasteiger partial charge in [0.05, 0.1) is 0 Å². The number of urea groups is 1. The molecule has 2 aliphatic rings. The lowest BCUT2D eigenvalue weighted by atomic mass is 9.87. The summed E-state index contributed by atoms with van der Waals surface area (Å²) in [6, 6.07) is -0.292. The summed E-state index contributed by atoms with van der Waals surface area (Å²) in [5.41, 5.74) is 4.69. The normalized spacial score (nSPS) is 22.7. The molecule has 1 spiro atoms. The van der Waals surface area contributed by atoms with Crippen LogP contribution in [0.2, 0.25) is 0 Å². The molecule has 0 aromatic rings. The van der Waals surface area contributed by atoms with Crippen molar-refractivity contribution in [2.75, 3.05) is 26.2 Å². The van der Waals surface area contributed by atoms with Gasteiger partial charge in [-0.2, -0.15) is 0 Å². The lowest BCUT2D eigenvalue weighted by Crippen LogP contribution is -2.55. The Morgan fingerprint density at radius 1 is 1.27 bits per heavy atom. The number of nitrogens with one attached hydrogen (secondary N) is 1. The second-order valence-corrected chi connectivity index (χ2v) is 7.92. The number of piperidine rings is 1. The molecule has 2 saturated heterocycles. The van der Waals surface area contributed by atoms with Crippen molar-refractivity contribution in [2.45, 2.75) is 58.0 Å². The maximum absolute atomic E-state index is 12.7. The van der Waals surface area contributed by atoms with Gasteiger partial charge >= 0.3 is 6.03 Å². The van der Waals surface area contributed by atoms with E-state index >= 15 is 0 Å². The van der Waals surface area contributed by atoms with E-state index in [2.05, 4.69) is 24.1 Å². The molecule has 3 amide bonds. The molecular weight excluding hydrogens is 280 g/mol. The van der Waals surface area contributed by atoms with Crippen LogP contribution in [0.1, 0.15) is 47.0 Å². The third-order valence-corrected chi connectivity index (χ3v) is 4.54. The molecule has 6 nitrogen and oxygen atoms in total. The van der Waals surface area contributed by atoms with Gasteiger partial charge in [0.15, 0.2) is 0 Å². The summed E-state index contributed by atoms with van der Waals surface area (Å²) >= 11 is 0. The number of nitrogens with zero attached hydrogens (tertiary/aromatic N) is 2. The Balaban J connectivity index is 1.96. The third kappa shape index (κ3) is 3.79. The largest absolute Gasteiger partial charge is 0.325 e. The van der Waals surface area contributed by atoms with Gasteiger partial charge in [-0.05, 0) is 45.6 Å². The molecule has 2 fully saturated rings. The zero-order valence-electron chi connectivity index (χ0n) is 14.3. The summed E-state index contributed by atoms with van der Waals surface area (Å²) in [5.74, 6) is 0.588. The summed E-state index contributed by atoms with van der Waals surface area (Å²) in [5, 5.41) is 2.93. The van der Waals surface area contributed by atoms with Crippen LogP contribution in [-0.4, -0.2) is 59.0 Å². The first kappa shape index (κ1) is 17.2. The molecule has 6 heteroatoms. The van der Waals surface area contributed by atoms with Crippen molar-refractivity contribution in [3.8, 4) is 0 Å². The van der Waals surface area contributed by atoms with E-state index in [1.54, 1.807) is 0 Å². The Labute approximate surface area is 133 Å². The molecule has 22 heavy (non-hydrogen) atoms. The molecule has 0 bridgehead atoms. The van der Waals surface area contributed by atoms with Crippen molar-refractivity contribution >= 4 is 11.9 Å². The van der Waals surface area contributed by atoms with E-state index in [9.17, 15) is 9.59 Å². The van der Waals surface area contributed by atoms with Gasteiger partial charge in [0.1, 0.15) is 5.54 Å². The third-order valence-electron chi connectivity index (χ3n) is 4.54. The number of hydrogen-bond acceptors (Lipinski definition) is 4. The molecule has 126 valence electrons. The summed E-state index contributed by atoms with van der Waals surface area (Å²) in [4.78, 5) is 28.6. The number of hydrogen-bond donors (Lipinski definition) is 2. The molecule has 0 saturated carbocycles. The first-order valence-corrected chi connectivity index (χ1v) is 8.28. The van der Waals surface area contributed by atoms with Crippen molar-refractivity contribution in [3.05, 3.63) is 0 Å². The minimum Gasteiger partial charge on any atom is -0.324 e. The molecule has 0 radical (unpaired) electrons. The fourth-order valence-electron chi connectivity index (χ4n) is 3.17. The standard InChI is InChI=1S/C16H30N4O2/c1-12(2)5-8-19-9-6-16(7-10-19)13(21)20(14(22)18-16)11-15(3,4)17/h12H,5-11,17H2,1-4H3,(H,18,22). The summed E-state index contributed by atoms with van der Waals surface area (Å²) < 4.78 is 0. The van der Waals surface area contributed by atoms with E-state index in [-0.39, 0.29) is 18.5 Å². The number of likely N-dealkylation sites (tertiary alicyclic amines) is 1. The highest BCUT2D eigenvalue weighted by Crippen LogP contribution is 2.30. The Bertz CT molecular complexity index is 434. The number of carbonyl (C=O) groups is 2. The Morgan fingerprint density at radius 2 is 1.86 bits per heavy atom. The number of imide groups is 1. The first-order chi connectivity index (χ1) is 10.1. The Kier molecular flexibility index (Phi) is 4.82. The van der Waals surface area contributed by atoms with Gasteiger partial charge in [-0.3, -0.25) is 9.69 Å². The van der Waals surface area contributed by atoms with Gasteiger partial charge in [0.25, 0.3) is 5.91 Å². The number of amides is 3. The van der Waals surface area contributed by atoms with Crippen molar-refractivity contribution in [1.29, 1.82) is 0 Å². The highest BCUT2D eigenvalue weighted by molar-refractivity contribution is 6.07. The van der Waals surface area contributed by atoms with E-state index < -0.39 is 11.1 Å². The van der Waals surface area contributed by atoms with E-state index in [0.29, 0.717) is 18.8 Å². The van der Waals surface area contributed by atoms with Crippen LogP contribution >= 0.6 is 0 Å². The Hall–Kier alpha value is -1.14. The van der Waals surface area contributed by atoms with Gasteiger partial charge in [-0.25, -0.2) is 4.79 Å². The summed E-state index contributed by atoms with van der Waals surface area (Å²) in [6.07, 6.45) is 2.55. The van der Waals surface area contributed by atoms with Crippen LogP contribution in [0.4, 0.5) is 4.79 Å². The van der Waals surface area contributed by atoms with E-state index in [4.69, 9.17) is 5.73 Å². The smallest absolute Gasteiger partial charge is 0.324 e. The van der Waals surface area contributed by atoms with Crippen LogP contribution in [0.25, 0.3) is 0 Å². The van der Waals surface area contributed by atoms with Crippen LogP contribution in [0.15, 0.2) is 0 Å². The number of rotatable bonds is 5. The molecule has 2 heterocycles. The van der Waals surface area contributed by atoms with Gasteiger partial charge in [-0.15, -0.1) is 0 Å². The minimum atomic E-state index is -0.698. The molecular formula is C16H30N4O2.